The summed E-state index contributed by atoms with van der Waals surface area (Å²) in [6.07, 6.45) is -3.91. The molecule has 0 radical (unpaired) electrons. The Bertz CT molecular complexity index is 782. The first-order chi connectivity index (χ1) is 13.8. The molecule has 1 aliphatic rings. The van der Waals surface area contributed by atoms with E-state index < -0.39 is 34.9 Å². The van der Waals surface area contributed by atoms with Crippen molar-refractivity contribution in [3.8, 4) is 5.75 Å². The van der Waals surface area contributed by atoms with E-state index >= 15 is 0 Å². The number of benzene rings is 1. The lowest BCUT2D eigenvalue weighted by Gasteiger charge is -2.24. The van der Waals surface area contributed by atoms with Crippen molar-refractivity contribution < 1.29 is 37.0 Å². The number of halogens is 3. The monoisotopic (exact) mass is 431 g/mol. The third-order valence-corrected chi connectivity index (χ3v) is 4.85. The van der Waals surface area contributed by atoms with Crippen molar-refractivity contribution in [3.05, 3.63) is 29.3 Å². The van der Waals surface area contributed by atoms with Crippen molar-refractivity contribution in [2.24, 2.45) is 5.41 Å². The smallest absolute Gasteiger partial charge is 0.419 e. The fourth-order valence-electron chi connectivity index (χ4n) is 3.11. The zero-order valence-electron chi connectivity index (χ0n) is 17.8. The van der Waals surface area contributed by atoms with Gasteiger partial charge in [-0.05, 0) is 53.0 Å². The minimum Gasteiger partial charge on any atom is -0.493 e. The molecule has 0 aliphatic heterocycles. The molecule has 1 amide bonds. The highest BCUT2D eigenvalue weighted by atomic mass is 19.4. The number of para-hydroxylation sites is 1. The molecule has 0 saturated heterocycles. The molecule has 1 saturated carbocycles. The third-order valence-electron chi connectivity index (χ3n) is 4.85. The SMILES string of the molecule is COC(=O)C1(CCOc2c([C@@H](C)NC(=O)OC(C)(C)C)cccc2C(F)(F)F)CC1. The van der Waals surface area contributed by atoms with Gasteiger partial charge in [0, 0.05) is 5.56 Å². The molecular weight excluding hydrogens is 403 g/mol. The zero-order valence-corrected chi connectivity index (χ0v) is 17.8. The van der Waals surface area contributed by atoms with Gasteiger partial charge in [-0.2, -0.15) is 13.2 Å². The number of hydrogen-bond donors (Lipinski definition) is 1. The highest BCUT2D eigenvalue weighted by molar-refractivity contribution is 5.79. The maximum atomic E-state index is 13.6. The van der Waals surface area contributed by atoms with Gasteiger partial charge in [-0.15, -0.1) is 0 Å². The summed E-state index contributed by atoms with van der Waals surface area (Å²) in [7, 11) is 1.28. The van der Waals surface area contributed by atoms with E-state index in [4.69, 9.17) is 14.2 Å². The molecule has 9 heteroatoms. The predicted octanol–water partition coefficient (Wildman–Crippen LogP) is 5.01. The molecule has 1 aromatic rings. The first-order valence-corrected chi connectivity index (χ1v) is 9.70. The summed E-state index contributed by atoms with van der Waals surface area (Å²) in [5.41, 5.74) is -2.20. The lowest BCUT2D eigenvalue weighted by atomic mass is 10.0. The quantitative estimate of drug-likeness (QED) is 0.614. The second-order valence-electron chi connectivity index (χ2n) is 8.46. The molecule has 30 heavy (non-hydrogen) atoms. The summed E-state index contributed by atoms with van der Waals surface area (Å²) >= 11 is 0. The van der Waals surface area contributed by atoms with Crippen molar-refractivity contribution in [1.82, 2.24) is 5.32 Å². The van der Waals surface area contributed by atoms with Gasteiger partial charge in [-0.1, -0.05) is 12.1 Å². The van der Waals surface area contributed by atoms with E-state index in [2.05, 4.69) is 5.32 Å². The Morgan fingerprint density at radius 1 is 1.20 bits per heavy atom. The highest BCUT2D eigenvalue weighted by Crippen LogP contribution is 2.50. The van der Waals surface area contributed by atoms with Crippen LogP contribution >= 0.6 is 0 Å². The van der Waals surface area contributed by atoms with Crippen molar-refractivity contribution in [3.63, 3.8) is 0 Å². The number of methoxy groups -OCH3 is 1. The van der Waals surface area contributed by atoms with Crippen LogP contribution in [-0.2, 0) is 20.4 Å². The van der Waals surface area contributed by atoms with Crippen molar-refractivity contribution in [2.45, 2.75) is 64.8 Å². The topological polar surface area (TPSA) is 73.9 Å². The Morgan fingerprint density at radius 2 is 1.83 bits per heavy atom. The molecule has 1 N–H and O–H groups in total. The van der Waals surface area contributed by atoms with Gasteiger partial charge in [0.15, 0.2) is 0 Å². The number of nitrogens with one attached hydrogen (secondary N) is 1. The fraction of sp³-hybridized carbons (Fsp3) is 0.619. The zero-order chi connectivity index (χ0) is 22.7. The summed E-state index contributed by atoms with van der Waals surface area (Å²) in [5, 5.41) is 2.54. The van der Waals surface area contributed by atoms with Crippen LogP contribution in [0.25, 0.3) is 0 Å². The fourth-order valence-corrected chi connectivity index (χ4v) is 3.11. The van der Waals surface area contributed by atoms with Crippen LogP contribution in [-0.4, -0.2) is 31.4 Å². The van der Waals surface area contributed by atoms with Gasteiger partial charge >= 0.3 is 18.2 Å². The lowest BCUT2D eigenvalue weighted by molar-refractivity contribution is -0.148. The molecule has 2 rings (SSSR count). The molecule has 0 unspecified atom stereocenters. The Morgan fingerprint density at radius 3 is 2.33 bits per heavy atom. The van der Waals surface area contributed by atoms with E-state index in [0.717, 1.165) is 6.07 Å². The standard InChI is InChI=1S/C21H28F3NO5/c1-13(25-18(27)30-19(2,3)4)14-7-6-8-15(21(22,23)24)16(14)29-12-11-20(9-10-20)17(26)28-5/h6-8,13H,9-12H2,1-5H3,(H,25,27)/t13-/m1/s1. The number of ether oxygens (including phenoxy) is 3. The van der Waals surface area contributed by atoms with Crippen LogP contribution in [0.1, 0.15) is 64.1 Å². The van der Waals surface area contributed by atoms with E-state index in [0.29, 0.717) is 12.8 Å². The van der Waals surface area contributed by atoms with Gasteiger partial charge in [-0.25, -0.2) is 4.79 Å². The maximum Gasteiger partial charge on any atom is 0.419 e. The number of hydrogen-bond acceptors (Lipinski definition) is 5. The Labute approximate surface area is 174 Å². The molecule has 1 fully saturated rings. The van der Waals surface area contributed by atoms with Crippen LogP contribution in [0.2, 0.25) is 0 Å². The van der Waals surface area contributed by atoms with Gasteiger partial charge in [0.2, 0.25) is 0 Å². The number of carbonyl (C=O) groups is 2. The van der Waals surface area contributed by atoms with E-state index in [1.54, 1.807) is 27.7 Å². The Balaban J connectivity index is 2.21. The van der Waals surface area contributed by atoms with Gasteiger partial charge < -0.3 is 19.5 Å². The number of alkyl carbamates (subject to hydrolysis) is 1. The molecule has 1 atom stereocenters. The van der Waals surface area contributed by atoms with Crippen LogP contribution in [0, 0.1) is 5.41 Å². The van der Waals surface area contributed by atoms with Gasteiger partial charge in [-0.3, -0.25) is 4.79 Å². The van der Waals surface area contributed by atoms with Crippen LogP contribution in [0.4, 0.5) is 18.0 Å². The van der Waals surface area contributed by atoms with Gasteiger partial charge in [0.25, 0.3) is 0 Å². The van der Waals surface area contributed by atoms with Crippen LogP contribution in [0.5, 0.6) is 5.75 Å². The molecular formula is C21H28F3NO5. The van der Waals surface area contributed by atoms with Crippen molar-refractivity contribution in [1.29, 1.82) is 0 Å². The van der Waals surface area contributed by atoms with Crippen LogP contribution in [0.15, 0.2) is 18.2 Å². The minimum atomic E-state index is -4.64. The number of amides is 1. The van der Waals surface area contributed by atoms with E-state index in [1.165, 1.54) is 19.2 Å². The average Bonchev–Trinajstić information content (AvgIpc) is 3.39. The summed E-state index contributed by atoms with van der Waals surface area (Å²) in [6.45, 7) is 6.51. The lowest BCUT2D eigenvalue weighted by Crippen LogP contribution is -2.34. The molecule has 0 aromatic heterocycles. The summed E-state index contributed by atoms with van der Waals surface area (Å²) in [6, 6.07) is 2.84. The van der Waals surface area contributed by atoms with Crippen LogP contribution < -0.4 is 10.1 Å². The summed E-state index contributed by atoms with van der Waals surface area (Å²) < 4.78 is 56.2. The van der Waals surface area contributed by atoms with Gasteiger partial charge in [0.1, 0.15) is 11.4 Å². The number of carbonyl (C=O) groups excluding carboxylic acids is 2. The normalized spacial score (nSPS) is 16.4. The first kappa shape index (κ1) is 23.8. The van der Waals surface area contributed by atoms with Crippen molar-refractivity contribution >= 4 is 12.1 Å². The highest BCUT2D eigenvalue weighted by Gasteiger charge is 2.50. The third kappa shape index (κ3) is 6.03. The molecule has 0 bridgehead atoms. The van der Waals surface area contributed by atoms with Gasteiger partial charge in [0.05, 0.1) is 30.7 Å². The molecule has 0 heterocycles. The number of rotatable bonds is 7. The molecule has 6 nitrogen and oxygen atoms in total. The number of alkyl halides is 3. The Kier molecular flexibility index (Phi) is 6.94. The summed E-state index contributed by atoms with van der Waals surface area (Å²) in [5.74, 6) is -0.746. The second-order valence-corrected chi connectivity index (χ2v) is 8.46. The first-order valence-electron chi connectivity index (χ1n) is 9.70. The Hall–Kier alpha value is -2.45. The molecule has 168 valence electrons. The minimum absolute atomic E-state index is 0.0889. The van der Waals surface area contributed by atoms with E-state index in [-0.39, 0.29) is 30.3 Å². The predicted molar refractivity (Wildman–Crippen MR) is 103 cm³/mol. The maximum absolute atomic E-state index is 13.6. The van der Waals surface area contributed by atoms with E-state index in [1.807, 2.05) is 0 Å². The van der Waals surface area contributed by atoms with Crippen LogP contribution in [0.3, 0.4) is 0 Å². The molecule has 1 aromatic carbocycles. The van der Waals surface area contributed by atoms with Crippen molar-refractivity contribution in [2.75, 3.05) is 13.7 Å². The second kappa shape index (κ2) is 8.73. The molecule has 1 aliphatic carbocycles. The molecule has 0 spiro atoms. The summed E-state index contributed by atoms with van der Waals surface area (Å²) in [4.78, 5) is 23.9. The average molecular weight is 431 g/mol. The largest absolute Gasteiger partial charge is 0.493 e. The van der Waals surface area contributed by atoms with E-state index in [9.17, 15) is 22.8 Å². The number of esters is 1.